The molecule has 0 aliphatic carbocycles. The molecule has 1 aromatic carbocycles. The van der Waals surface area contributed by atoms with Crippen LogP contribution in [0.3, 0.4) is 0 Å². The number of aromatic hydroxyl groups is 1. The molecular weight excluding hydrogens is 695 g/mol. The fourth-order valence-electron chi connectivity index (χ4n) is 4.92. The van der Waals surface area contributed by atoms with Crippen LogP contribution in [0.1, 0.15) is 34.4 Å². The Balaban J connectivity index is 0.000000436. The number of carbonyl (C=O) groups is 2. The summed E-state index contributed by atoms with van der Waals surface area (Å²) in [6.45, 7) is 6.85. The average Bonchev–Trinajstić information content (AvgIpc) is 3.07. The number of aldehydes is 1. The van der Waals surface area contributed by atoms with E-state index in [1.807, 2.05) is 0 Å². The van der Waals surface area contributed by atoms with Gasteiger partial charge in [-0.2, -0.15) is 31.7 Å². The summed E-state index contributed by atoms with van der Waals surface area (Å²) in [5.41, 5.74) is -1.60. The van der Waals surface area contributed by atoms with Crippen molar-refractivity contribution in [3.05, 3.63) is 68.2 Å². The zero-order valence-corrected chi connectivity index (χ0v) is 28.6. The third-order valence-electron chi connectivity index (χ3n) is 7.40. The Kier molecular flexibility index (Phi) is 12.8. The number of hydrogen-bond acceptors (Lipinski definition) is 11. The van der Waals surface area contributed by atoms with Gasteiger partial charge in [-0.1, -0.05) is 18.5 Å². The number of rotatable bonds is 9. The summed E-state index contributed by atoms with van der Waals surface area (Å²) in [5, 5.41) is 16.5. The largest absolute Gasteiger partial charge is 0.504 e. The van der Waals surface area contributed by atoms with E-state index in [0.29, 0.717) is 14.9 Å². The first kappa shape index (κ1) is 39.5. The van der Waals surface area contributed by atoms with E-state index < -0.39 is 41.2 Å². The van der Waals surface area contributed by atoms with E-state index >= 15 is 0 Å². The van der Waals surface area contributed by atoms with Crippen LogP contribution in [0.4, 0.5) is 33.3 Å². The van der Waals surface area contributed by atoms with Crippen LogP contribution in [0, 0.1) is 6.92 Å². The van der Waals surface area contributed by atoms with Crippen molar-refractivity contribution in [2.24, 2.45) is 10.1 Å². The summed E-state index contributed by atoms with van der Waals surface area (Å²) in [7, 11) is 4.91. The predicted molar refractivity (Wildman–Crippen MR) is 176 cm³/mol. The fourth-order valence-corrected chi connectivity index (χ4v) is 5.19. The molecule has 4 rings (SSSR count). The van der Waals surface area contributed by atoms with Crippen molar-refractivity contribution >= 4 is 41.9 Å². The first-order chi connectivity index (χ1) is 23.4. The molecule has 0 bridgehead atoms. The topological polar surface area (TPSA) is 154 Å². The molecular formula is C30H36ClF5N10O4. The van der Waals surface area contributed by atoms with Gasteiger partial charge in [0.05, 0.1) is 34.3 Å². The number of halogens is 6. The lowest BCUT2D eigenvalue weighted by Gasteiger charge is -2.37. The predicted octanol–water partition coefficient (Wildman–Crippen LogP) is 3.01. The van der Waals surface area contributed by atoms with E-state index in [9.17, 15) is 41.4 Å². The molecule has 50 heavy (non-hydrogen) atoms. The Morgan fingerprint density at radius 1 is 1.16 bits per heavy atom. The summed E-state index contributed by atoms with van der Waals surface area (Å²) in [6, 6.07) is -0.845. The quantitative estimate of drug-likeness (QED) is 0.192. The van der Waals surface area contributed by atoms with Gasteiger partial charge < -0.3 is 20.2 Å². The highest BCUT2D eigenvalue weighted by molar-refractivity contribution is 6.33. The maximum Gasteiger partial charge on any atom is 0.416 e. The van der Waals surface area contributed by atoms with Gasteiger partial charge in [0.15, 0.2) is 11.4 Å². The second-order valence-electron chi connectivity index (χ2n) is 11.0. The normalized spacial score (nSPS) is 14.0. The van der Waals surface area contributed by atoms with Crippen LogP contribution in [0.25, 0.3) is 0 Å². The van der Waals surface area contributed by atoms with Gasteiger partial charge in [-0.25, -0.2) is 19.5 Å². The third kappa shape index (κ3) is 8.62. The summed E-state index contributed by atoms with van der Waals surface area (Å²) in [4.78, 5) is 54.2. The van der Waals surface area contributed by atoms with Crippen LogP contribution < -0.4 is 21.4 Å². The van der Waals surface area contributed by atoms with Crippen molar-refractivity contribution in [1.82, 2.24) is 29.0 Å². The number of aromatic nitrogens is 4. The van der Waals surface area contributed by atoms with Gasteiger partial charge in [0.25, 0.3) is 11.5 Å². The molecule has 0 saturated carbocycles. The summed E-state index contributed by atoms with van der Waals surface area (Å²) < 4.78 is 67.4. The molecule has 0 unspecified atom stereocenters. The van der Waals surface area contributed by atoms with E-state index in [-0.39, 0.29) is 72.8 Å². The van der Waals surface area contributed by atoms with Crippen LogP contribution in [-0.2, 0) is 23.4 Å². The monoisotopic (exact) mass is 730 g/mol. The first-order valence-corrected chi connectivity index (χ1v) is 15.3. The minimum absolute atomic E-state index is 0.0241. The number of nitrogens with zero attached hydrogens (tertiary/aromatic N) is 9. The molecule has 2 aromatic heterocycles. The Morgan fingerprint density at radius 3 is 2.30 bits per heavy atom. The number of alkyl halides is 5. The molecule has 0 spiro atoms. The van der Waals surface area contributed by atoms with Crippen LogP contribution in [0.15, 0.2) is 39.4 Å². The zero-order valence-electron chi connectivity index (χ0n) is 27.8. The minimum atomic E-state index is -4.34. The molecule has 1 amide bonds. The highest BCUT2D eigenvalue weighted by Crippen LogP contribution is 2.33. The lowest BCUT2D eigenvalue weighted by atomic mass is 10.2. The molecule has 3 heterocycles. The SMILES string of the molecule is C=Nn1c(=O)c(N2CCN(C(=O)c3ncnc(C)c3O)CC2)c(CC)n(C(F)(F)C=O)/c1=N/CN(C)C.CNc1ccc(C(F)(F)F)cc1Cl. The number of amides is 1. The fraction of sp³-hybridized carbons (Fsp3) is 0.433. The minimum Gasteiger partial charge on any atom is -0.504 e. The first-order valence-electron chi connectivity index (χ1n) is 14.9. The number of aryl methyl sites for hydroxylation is 1. The molecule has 272 valence electrons. The second kappa shape index (κ2) is 16.2. The van der Waals surface area contributed by atoms with Gasteiger partial charge in [0.1, 0.15) is 12.0 Å². The highest BCUT2D eigenvalue weighted by atomic mass is 35.5. The molecule has 1 saturated heterocycles. The van der Waals surface area contributed by atoms with E-state index in [4.69, 9.17) is 11.6 Å². The van der Waals surface area contributed by atoms with Crippen molar-refractivity contribution < 1.29 is 36.6 Å². The van der Waals surface area contributed by atoms with Gasteiger partial charge >= 0.3 is 12.2 Å². The van der Waals surface area contributed by atoms with E-state index in [1.165, 1.54) is 24.2 Å². The lowest BCUT2D eigenvalue weighted by molar-refractivity contribution is -0.145. The molecule has 1 fully saturated rings. The number of anilines is 2. The Hall–Kier alpha value is -4.91. The van der Waals surface area contributed by atoms with Gasteiger partial charge in [0, 0.05) is 39.9 Å². The number of hydrogen-bond donors (Lipinski definition) is 2. The van der Waals surface area contributed by atoms with E-state index in [1.54, 1.807) is 37.9 Å². The maximum absolute atomic E-state index is 15.0. The highest BCUT2D eigenvalue weighted by Gasteiger charge is 2.38. The number of piperazine rings is 1. The Morgan fingerprint density at radius 2 is 1.80 bits per heavy atom. The Labute approximate surface area is 288 Å². The standard InChI is InChI=1S/C22H29F2N9O4.C8H7ClF3N/c1-6-15-17(20(37)33(25-3)21(28-13-29(4)5)32(15)22(23,24)11-34)30-7-9-31(10-8-30)19(36)16-18(35)14(2)26-12-27-16;1-13-7-3-2-5(4-6(7)9)8(10,11)12/h11-12,35H,3,6-10,13H2,1-2,4-5H3;2-4,13H,1H3/b28-21-;. The van der Waals surface area contributed by atoms with Gasteiger partial charge in [-0.05, 0) is 45.6 Å². The number of nitrogens with one attached hydrogen (secondary N) is 1. The van der Waals surface area contributed by atoms with Crippen molar-refractivity contribution in [2.75, 3.05) is 64.2 Å². The zero-order chi connectivity index (χ0) is 37.6. The number of benzene rings is 1. The molecule has 3 aromatic rings. The van der Waals surface area contributed by atoms with Gasteiger partial charge in [-0.15, -0.1) is 0 Å². The van der Waals surface area contributed by atoms with Crippen molar-refractivity contribution in [2.45, 2.75) is 32.5 Å². The Bertz CT molecular complexity index is 1860. The van der Waals surface area contributed by atoms with Crippen LogP contribution >= 0.6 is 11.6 Å². The molecule has 2 N–H and O–H groups in total. The van der Waals surface area contributed by atoms with Crippen molar-refractivity contribution in [1.29, 1.82) is 0 Å². The maximum atomic E-state index is 15.0. The molecule has 1 aliphatic rings. The van der Waals surface area contributed by atoms with Gasteiger partial charge in [0.2, 0.25) is 11.9 Å². The van der Waals surface area contributed by atoms with Crippen molar-refractivity contribution in [3.63, 3.8) is 0 Å². The van der Waals surface area contributed by atoms with Crippen molar-refractivity contribution in [3.8, 4) is 5.75 Å². The van der Waals surface area contributed by atoms with Crippen LogP contribution in [-0.4, -0.2) is 107 Å². The second-order valence-corrected chi connectivity index (χ2v) is 11.4. The third-order valence-corrected chi connectivity index (χ3v) is 7.71. The molecule has 1 aliphatic heterocycles. The smallest absolute Gasteiger partial charge is 0.416 e. The molecule has 14 nitrogen and oxygen atoms in total. The van der Waals surface area contributed by atoms with E-state index in [2.05, 4.69) is 32.1 Å². The van der Waals surface area contributed by atoms with Crippen LogP contribution in [0.2, 0.25) is 5.02 Å². The van der Waals surface area contributed by atoms with Gasteiger partial charge in [-0.3, -0.25) is 19.3 Å². The van der Waals surface area contributed by atoms with Crippen LogP contribution in [0.5, 0.6) is 5.75 Å². The summed E-state index contributed by atoms with van der Waals surface area (Å²) in [5.74, 6) is -0.846. The average molecular weight is 731 g/mol. The lowest BCUT2D eigenvalue weighted by Crippen LogP contribution is -2.54. The molecule has 20 heteroatoms. The molecule has 0 radical (unpaired) electrons. The summed E-state index contributed by atoms with van der Waals surface area (Å²) >= 11 is 5.57. The summed E-state index contributed by atoms with van der Waals surface area (Å²) in [6.07, 6.45) is -3.71. The number of carbonyl (C=O) groups excluding carboxylic acids is 2. The molecule has 0 atom stereocenters. The van der Waals surface area contributed by atoms with E-state index in [0.717, 1.165) is 12.1 Å².